The highest BCUT2D eigenvalue weighted by molar-refractivity contribution is 9.10. The monoisotopic (exact) mass is 299 g/mol. The summed E-state index contributed by atoms with van der Waals surface area (Å²) in [4.78, 5) is 4.18. The van der Waals surface area contributed by atoms with Crippen LogP contribution in [0.15, 0.2) is 33.3 Å². The number of hydrogen-bond acceptors (Lipinski definition) is 2. The predicted molar refractivity (Wildman–Crippen MR) is 68.8 cm³/mol. The Hall–Kier alpha value is -0.800. The molecule has 0 saturated carbocycles. The zero-order valence-electron chi connectivity index (χ0n) is 8.84. The molecule has 0 saturated heterocycles. The first-order valence-electron chi connectivity index (χ1n) is 4.98. The van der Waals surface area contributed by atoms with Crippen molar-refractivity contribution in [1.82, 2.24) is 4.98 Å². The number of nitrogens with zero attached hydrogens (tertiary/aromatic N) is 1. The molecular weight excluding hydrogens is 289 g/mol. The summed E-state index contributed by atoms with van der Waals surface area (Å²) in [6, 6.07) is 6.05. The van der Waals surface area contributed by atoms with Gasteiger partial charge in [0, 0.05) is 22.3 Å². The highest BCUT2D eigenvalue weighted by Crippen LogP contribution is 2.31. The number of halogens is 2. The van der Waals surface area contributed by atoms with Crippen LogP contribution in [0.3, 0.4) is 0 Å². The van der Waals surface area contributed by atoms with Gasteiger partial charge in [0.1, 0.15) is 0 Å². The lowest BCUT2D eigenvalue weighted by Crippen LogP contribution is -1.83. The average Bonchev–Trinajstić information content (AvgIpc) is 2.71. The van der Waals surface area contributed by atoms with E-state index in [2.05, 4.69) is 20.9 Å². The second-order valence-electron chi connectivity index (χ2n) is 3.49. The lowest BCUT2D eigenvalue weighted by atomic mass is 10.1. The standard InChI is InChI=1S/C12H11BrClNO/c1-8-3-2-4-9(12(8)13)10-7-15-11(16-10)5-6-14/h2-4,7H,5-6H2,1H3. The van der Waals surface area contributed by atoms with E-state index in [0.717, 1.165) is 15.8 Å². The van der Waals surface area contributed by atoms with Crippen LogP contribution in [-0.2, 0) is 6.42 Å². The van der Waals surface area contributed by atoms with Crippen molar-refractivity contribution in [3.8, 4) is 11.3 Å². The van der Waals surface area contributed by atoms with Gasteiger partial charge in [-0.15, -0.1) is 11.6 Å². The van der Waals surface area contributed by atoms with Crippen molar-refractivity contribution in [1.29, 1.82) is 0 Å². The number of benzene rings is 1. The third-order valence-corrected chi connectivity index (χ3v) is 3.56. The van der Waals surface area contributed by atoms with Gasteiger partial charge in [0.25, 0.3) is 0 Å². The minimum atomic E-state index is 0.523. The van der Waals surface area contributed by atoms with Crippen LogP contribution >= 0.6 is 27.5 Å². The van der Waals surface area contributed by atoms with Crippen LogP contribution < -0.4 is 0 Å². The molecule has 0 aliphatic rings. The van der Waals surface area contributed by atoms with Gasteiger partial charge in [0.05, 0.1) is 6.20 Å². The third kappa shape index (κ3) is 2.30. The van der Waals surface area contributed by atoms with Crippen molar-refractivity contribution in [2.24, 2.45) is 0 Å². The number of alkyl halides is 1. The maximum Gasteiger partial charge on any atom is 0.196 e. The Bertz CT molecular complexity index is 496. The van der Waals surface area contributed by atoms with Crippen LogP contribution in [0.25, 0.3) is 11.3 Å². The summed E-state index contributed by atoms with van der Waals surface area (Å²) >= 11 is 9.19. The molecule has 16 heavy (non-hydrogen) atoms. The average molecular weight is 301 g/mol. The lowest BCUT2D eigenvalue weighted by Gasteiger charge is -2.03. The fraction of sp³-hybridized carbons (Fsp3) is 0.250. The Morgan fingerprint density at radius 2 is 2.25 bits per heavy atom. The molecule has 0 N–H and O–H groups in total. The normalized spacial score (nSPS) is 10.7. The molecule has 0 fully saturated rings. The summed E-state index contributed by atoms with van der Waals surface area (Å²) in [6.45, 7) is 2.05. The molecule has 0 unspecified atom stereocenters. The summed E-state index contributed by atoms with van der Waals surface area (Å²) in [7, 11) is 0. The highest BCUT2D eigenvalue weighted by Gasteiger charge is 2.10. The molecule has 2 rings (SSSR count). The van der Waals surface area contributed by atoms with E-state index in [1.54, 1.807) is 6.20 Å². The van der Waals surface area contributed by atoms with Gasteiger partial charge in [-0.1, -0.05) is 18.2 Å². The van der Waals surface area contributed by atoms with E-state index in [4.69, 9.17) is 16.0 Å². The largest absolute Gasteiger partial charge is 0.441 e. The molecule has 0 bridgehead atoms. The first kappa shape index (κ1) is 11.7. The van der Waals surface area contributed by atoms with E-state index in [1.165, 1.54) is 5.56 Å². The van der Waals surface area contributed by atoms with Crippen LogP contribution in [-0.4, -0.2) is 10.9 Å². The van der Waals surface area contributed by atoms with E-state index >= 15 is 0 Å². The summed E-state index contributed by atoms with van der Waals surface area (Å²) in [5, 5.41) is 0. The second-order valence-corrected chi connectivity index (χ2v) is 4.66. The molecule has 1 aromatic heterocycles. The van der Waals surface area contributed by atoms with Crippen molar-refractivity contribution < 1.29 is 4.42 Å². The molecule has 84 valence electrons. The zero-order chi connectivity index (χ0) is 11.5. The van der Waals surface area contributed by atoms with Crippen molar-refractivity contribution in [3.63, 3.8) is 0 Å². The van der Waals surface area contributed by atoms with Gasteiger partial charge < -0.3 is 4.42 Å². The van der Waals surface area contributed by atoms with Gasteiger partial charge in [-0.3, -0.25) is 0 Å². The Balaban J connectivity index is 2.39. The summed E-state index contributed by atoms with van der Waals surface area (Å²) in [5.41, 5.74) is 2.20. The van der Waals surface area contributed by atoms with E-state index in [0.29, 0.717) is 18.2 Å². The Morgan fingerprint density at radius 1 is 1.44 bits per heavy atom. The van der Waals surface area contributed by atoms with Crippen molar-refractivity contribution in [2.75, 3.05) is 5.88 Å². The molecule has 2 aromatic rings. The molecule has 0 aliphatic carbocycles. The lowest BCUT2D eigenvalue weighted by molar-refractivity contribution is 0.514. The van der Waals surface area contributed by atoms with Crippen LogP contribution in [0.2, 0.25) is 0 Å². The highest BCUT2D eigenvalue weighted by atomic mass is 79.9. The van der Waals surface area contributed by atoms with Crippen molar-refractivity contribution >= 4 is 27.5 Å². The minimum absolute atomic E-state index is 0.523. The van der Waals surface area contributed by atoms with Crippen molar-refractivity contribution in [3.05, 3.63) is 40.3 Å². The Kier molecular flexibility index (Phi) is 3.66. The van der Waals surface area contributed by atoms with E-state index in [-0.39, 0.29) is 0 Å². The van der Waals surface area contributed by atoms with Crippen LogP contribution in [0.4, 0.5) is 0 Å². The van der Waals surface area contributed by atoms with Crippen LogP contribution in [0, 0.1) is 6.92 Å². The molecule has 1 aromatic carbocycles. The number of aryl methyl sites for hydroxylation is 2. The second kappa shape index (κ2) is 5.02. The van der Waals surface area contributed by atoms with Gasteiger partial charge in [-0.05, 0) is 28.4 Å². The predicted octanol–water partition coefficient (Wildman–Crippen LogP) is 4.19. The summed E-state index contributed by atoms with van der Waals surface area (Å²) < 4.78 is 6.67. The third-order valence-electron chi connectivity index (χ3n) is 2.32. The fourth-order valence-corrected chi connectivity index (χ4v) is 2.09. The topological polar surface area (TPSA) is 26.0 Å². The van der Waals surface area contributed by atoms with Gasteiger partial charge >= 0.3 is 0 Å². The van der Waals surface area contributed by atoms with Gasteiger partial charge in [0.15, 0.2) is 11.7 Å². The smallest absolute Gasteiger partial charge is 0.196 e. The number of hydrogen-bond donors (Lipinski definition) is 0. The molecule has 2 nitrogen and oxygen atoms in total. The molecule has 4 heteroatoms. The minimum Gasteiger partial charge on any atom is -0.441 e. The molecular formula is C12H11BrClNO. The van der Waals surface area contributed by atoms with E-state index < -0.39 is 0 Å². The maximum atomic E-state index is 5.64. The Labute approximate surface area is 108 Å². The number of rotatable bonds is 3. The van der Waals surface area contributed by atoms with Crippen LogP contribution in [0.1, 0.15) is 11.5 Å². The van der Waals surface area contributed by atoms with Gasteiger partial charge in [0.2, 0.25) is 0 Å². The molecule has 0 radical (unpaired) electrons. The summed E-state index contributed by atoms with van der Waals surface area (Å²) in [5.74, 6) is 1.98. The molecule has 0 atom stereocenters. The fourth-order valence-electron chi connectivity index (χ4n) is 1.47. The van der Waals surface area contributed by atoms with E-state index in [1.807, 2.05) is 25.1 Å². The Morgan fingerprint density at radius 3 is 3.00 bits per heavy atom. The number of aromatic nitrogens is 1. The first-order chi connectivity index (χ1) is 7.72. The molecule has 0 amide bonds. The number of oxazole rings is 1. The van der Waals surface area contributed by atoms with Crippen molar-refractivity contribution in [2.45, 2.75) is 13.3 Å². The molecule has 0 spiro atoms. The summed E-state index contributed by atoms with van der Waals surface area (Å²) in [6.07, 6.45) is 2.40. The molecule has 1 heterocycles. The zero-order valence-corrected chi connectivity index (χ0v) is 11.2. The van der Waals surface area contributed by atoms with E-state index in [9.17, 15) is 0 Å². The maximum absolute atomic E-state index is 5.64. The first-order valence-corrected chi connectivity index (χ1v) is 6.31. The van der Waals surface area contributed by atoms with Gasteiger partial charge in [-0.2, -0.15) is 0 Å². The molecule has 0 aliphatic heterocycles. The SMILES string of the molecule is Cc1cccc(-c2cnc(CCCl)o2)c1Br. The van der Waals surface area contributed by atoms with Crippen LogP contribution in [0.5, 0.6) is 0 Å². The quantitative estimate of drug-likeness (QED) is 0.794. The van der Waals surface area contributed by atoms with Gasteiger partial charge in [-0.25, -0.2) is 4.98 Å².